The van der Waals surface area contributed by atoms with E-state index in [2.05, 4.69) is 4.98 Å². The summed E-state index contributed by atoms with van der Waals surface area (Å²) in [6.45, 7) is 3.84. The zero-order chi connectivity index (χ0) is 14.7. The van der Waals surface area contributed by atoms with Crippen molar-refractivity contribution in [3.05, 3.63) is 62.4 Å². The molecule has 0 unspecified atom stereocenters. The highest BCUT2D eigenvalue weighted by Gasteiger charge is 2.14. The fraction of sp³-hybridized carbons (Fsp3) is 0.214. The van der Waals surface area contributed by atoms with Crippen LogP contribution in [0.15, 0.2) is 30.5 Å². The lowest BCUT2D eigenvalue weighted by atomic mass is 10.1. The summed E-state index contributed by atoms with van der Waals surface area (Å²) >= 11 is 5.70. The summed E-state index contributed by atoms with van der Waals surface area (Å²) in [7, 11) is 0. The summed E-state index contributed by atoms with van der Waals surface area (Å²) < 4.78 is 5.62. The lowest BCUT2D eigenvalue weighted by molar-refractivity contribution is -0.385. The second-order valence-electron chi connectivity index (χ2n) is 4.44. The molecular weight excluding hydrogens is 280 g/mol. The smallest absolute Gasteiger partial charge is 0.276 e. The van der Waals surface area contributed by atoms with Gasteiger partial charge in [-0.1, -0.05) is 17.7 Å². The van der Waals surface area contributed by atoms with Gasteiger partial charge >= 0.3 is 0 Å². The van der Waals surface area contributed by atoms with E-state index < -0.39 is 4.92 Å². The standard InChI is InChI=1S/C14H13ClN2O3/c1-9-5-10(2)13(6-12(9)17(18)19)20-8-11-3-4-14(15)16-7-11/h3-7H,8H2,1-2H3. The average Bonchev–Trinajstić information content (AvgIpc) is 2.39. The SMILES string of the molecule is Cc1cc(C)c([N+](=O)[O-])cc1OCc1ccc(Cl)nc1. The number of rotatable bonds is 4. The van der Waals surface area contributed by atoms with E-state index in [1.807, 2.05) is 6.92 Å². The van der Waals surface area contributed by atoms with E-state index in [4.69, 9.17) is 16.3 Å². The van der Waals surface area contributed by atoms with Crippen LogP contribution in [0.3, 0.4) is 0 Å². The fourth-order valence-electron chi connectivity index (χ4n) is 1.83. The van der Waals surface area contributed by atoms with Gasteiger partial charge < -0.3 is 4.74 Å². The van der Waals surface area contributed by atoms with Gasteiger partial charge in [-0.2, -0.15) is 0 Å². The average molecular weight is 293 g/mol. The Labute approximate surface area is 121 Å². The molecule has 0 fully saturated rings. The van der Waals surface area contributed by atoms with Crippen LogP contribution >= 0.6 is 11.6 Å². The molecule has 6 heteroatoms. The fourth-order valence-corrected chi connectivity index (χ4v) is 1.94. The number of benzene rings is 1. The number of nitro groups is 1. The molecule has 1 heterocycles. The molecule has 0 aliphatic rings. The Morgan fingerprint density at radius 3 is 2.65 bits per heavy atom. The van der Waals surface area contributed by atoms with Crippen LogP contribution < -0.4 is 4.74 Å². The van der Waals surface area contributed by atoms with Crippen LogP contribution in [-0.2, 0) is 6.61 Å². The Morgan fingerprint density at radius 2 is 2.05 bits per heavy atom. The second-order valence-corrected chi connectivity index (χ2v) is 4.83. The maximum Gasteiger partial charge on any atom is 0.276 e. The lowest BCUT2D eigenvalue weighted by Gasteiger charge is -2.10. The van der Waals surface area contributed by atoms with E-state index in [1.54, 1.807) is 31.3 Å². The lowest BCUT2D eigenvalue weighted by Crippen LogP contribution is -2.00. The maximum absolute atomic E-state index is 10.9. The number of hydrogen-bond acceptors (Lipinski definition) is 4. The van der Waals surface area contributed by atoms with Gasteiger partial charge in [0.2, 0.25) is 0 Å². The number of aromatic nitrogens is 1. The third-order valence-corrected chi connectivity index (χ3v) is 3.10. The molecule has 0 N–H and O–H groups in total. The van der Waals surface area contributed by atoms with Gasteiger partial charge in [-0.25, -0.2) is 4.98 Å². The van der Waals surface area contributed by atoms with Crippen molar-refractivity contribution in [1.29, 1.82) is 0 Å². The first-order valence-electron chi connectivity index (χ1n) is 5.96. The molecule has 0 atom stereocenters. The van der Waals surface area contributed by atoms with E-state index >= 15 is 0 Å². The molecule has 0 saturated heterocycles. The highest BCUT2D eigenvalue weighted by Crippen LogP contribution is 2.28. The molecule has 5 nitrogen and oxygen atoms in total. The summed E-state index contributed by atoms with van der Waals surface area (Å²) in [5, 5.41) is 11.3. The molecule has 0 saturated carbocycles. The molecule has 0 aliphatic heterocycles. The summed E-state index contributed by atoms with van der Waals surface area (Å²) in [5.74, 6) is 0.497. The number of ether oxygens (including phenoxy) is 1. The van der Waals surface area contributed by atoms with E-state index in [-0.39, 0.29) is 12.3 Å². The number of hydrogen-bond donors (Lipinski definition) is 0. The van der Waals surface area contributed by atoms with Gasteiger partial charge in [0.05, 0.1) is 11.0 Å². The van der Waals surface area contributed by atoms with Crippen molar-refractivity contribution in [2.24, 2.45) is 0 Å². The molecule has 0 radical (unpaired) electrons. The minimum absolute atomic E-state index is 0.0554. The van der Waals surface area contributed by atoms with Crippen LogP contribution in [0.5, 0.6) is 5.75 Å². The van der Waals surface area contributed by atoms with Gasteiger partial charge in [0.1, 0.15) is 17.5 Å². The first-order valence-corrected chi connectivity index (χ1v) is 6.34. The van der Waals surface area contributed by atoms with Gasteiger partial charge in [-0.05, 0) is 31.5 Å². The molecule has 104 valence electrons. The van der Waals surface area contributed by atoms with Gasteiger partial charge in [-0.3, -0.25) is 10.1 Å². The van der Waals surface area contributed by atoms with Crippen LogP contribution in [0.25, 0.3) is 0 Å². The molecule has 1 aromatic heterocycles. The van der Waals surface area contributed by atoms with Crippen molar-refractivity contribution in [3.8, 4) is 5.75 Å². The third kappa shape index (κ3) is 3.24. The first-order chi connectivity index (χ1) is 9.47. The minimum Gasteiger partial charge on any atom is -0.488 e. The predicted molar refractivity (Wildman–Crippen MR) is 76.1 cm³/mol. The monoisotopic (exact) mass is 292 g/mol. The molecule has 0 amide bonds. The molecule has 20 heavy (non-hydrogen) atoms. The molecular formula is C14H13ClN2O3. The third-order valence-electron chi connectivity index (χ3n) is 2.87. The predicted octanol–water partition coefficient (Wildman–Crippen LogP) is 3.84. The molecule has 0 spiro atoms. The molecule has 1 aromatic carbocycles. The van der Waals surface area contributed by atoms with Gasteiger partial charge in [0, 0.05) is 17.3 Å². The van der Waals surface area contributed by atoms with Crippen molar-refractivity contribution in [2.75, 3.05) is 0 Å². The highest BCUT2D eigenvalue weighted by atomic mass is 35.5. The Bertz CT molecular complexity index is 642. The Morgan fingerprint density at radius 1 is 1.30 bits per heavy atom. The summed E-state index contributed by atoms with van der Waals surface area (Å²) in [6, 6.07) is 6.67. The van der Waals surface area contributed by atoms with E-state index in [0.29, 0.717) is 16.5 Å². The summed E-state index contributed by atoms with van der Waals surface area (Å²) in [4.78, 5) is 14.5. The summed E-state index contributed by atoms with van der Waals surface area (Å²) in [5.41, 5.74) is 2.37. The van der Waals surface area contributed by atoms with E-state index in [9.17, 15) is 10.1 Å². The molecule has 2 rings (SSSR count). The number of pyridine rings is 1. The topological polar surface area (TPSA) is 65.3 Å². The summed E-state index contributed by atoms with van der Waals surface area (Å²) in [6.07, 6.45) is 1.61. The van der Waals surface area contributed by atoms with E-state index in [1.165, 1.54) is 6.07 Å². The van der Waals surface area contributed by atoms with Crippen molar-refractivity contribution in [3.63, 3.8) is 0 Å². The molecule has 0 bridgehead atoms. The van der Waals surface area contributed by atoms with Crippen molar-refractivity contribution in [1.82, 2.24) is 4.98 Å². The maximum atomic E-state index is 10.9. The van der Waals surface area contributed by atoms with Gasteiger partial charge in [-0.15, -0.1) is 0 Å². The number of nitrogens with zero attached hydrogens (tertiary/aromatic N) is 2. The van der Waals surface area contributed by atoms with Gasteiger partial charge in [0.15, 0.2) is 0 Å². The van der Waals surface area contributed by atoms with Crippen LogP contribution in [0.4, 0.5) is 5.69 Å². The van der Waals surface area contributed by atoms with Crippen LogP contribution in [0.2, 0.25) is 5.15 Å². The minimum atomic E-state index is -0.411. The zero-order valence-corrected chi connectivity index (χ0v) is 11.8. The Kier molecular flexibility index (Phi) is 4.20. The van der Waals surface area contributed by atoms with Crippen molar-refractivity contribution < 1.29 is 9.66 Å². The molecule has 0 aliphatic carbocycles. The van der Waals surface area contributed by atoms with Crippen molar-refractivity contribution in [2.45, 2.75) is 20.5 Å². The van der Waals surface area contributed by atoms with E-state index in [0.717, 1.165) is 11.1 Å². The zero-order valence-electron chi connectivity index (χ0n) is 11.1. The first kappa shape index (κ1) is 14.3. The highest BCUT2D eigenvalue weighted by molar-refractivity contribution is 6.29. The Hall–Kier alpha value is -2.14. The number of nitro benzene ring substituents is 1. The quantitative estimate of drug-likeness (QED) is 0.488. The van der Waals surface area contributed by atoms with Crippen molar-refractivity contribution >= 4 is 17.3 Å². The van der Waals surface area contributed by atoms with Crippen LogP contribution in [0.1, 0.15) is 16.7 Å². The Balaban J connectivity index is 2.18. The van der Waals surface area contributed by atoms with Crippen LogP contribution in [0, 0.1) is 24.0 Å². The second kappa shape index (κ2) is 5.88. The number of aryl methyl sites for hydroxylation is 2. The van der Waals surface area contributed by atoms with Crippen LogP contribution in [-0.4, -0.2) is 9.91 Å². The number of halogens is 1. The molecule has 2 aromatic rings. The normalized spacial score (nSPS) is 10.3. The largest absolute Gasteiger partial charge is 0.488 e. The van der Waals surface area contributed by atoms with Gasteiger partial charge in [0.25, 0.3) is 5.69 Å².